The van der Waals surface area contributed by atoms with Crippen molar-refractivity contribution >= 4 is 23.2 Å². The Kier molecular flexibility index (Phi) is 4.93. The Bertz CT molecular complexity index is 834. The number of carbonyl (C=O) groups is 2. The minimum absolute atomic E-state index is 0.0891. The molecule has 0 bridgehead atoms. The summed E-state index contributed by atoms with van der Waals surface area (Å²) in [5.74, 6) is -0.694. The van der Waals surface area contributed by atoms with Crippen molar-refractivity contribution in [2.75, 3.05) is 0 Å². The number of pyridine rings is 1. The summed E-state index contributed by atoms with van der Waals surface area (Å²) in [7, 11) is 0. The highest BCUT2D eigenvalue weighted by atomic mass is 32.1. The van der Waals surface area contributed by atoms with Crippen LogP contribution in [0.4, 0.5) is 0 Å². The lowest BCUT2D eigenvalue weighted by Gasteiger charge is -2.06. The van der Waals surface area contributed by atoms with Crippen LogP contribution in [0.3, 0.4) is 0 Å². The topological polar surface area (TPSA) is 84.0 Å². The van der Waals surface area contributed by atoms with Gasteiger partial charge in [-0.25, -0.2) is 4.98 Å². The Morgan fingerprint density at radius 1 is 1.04 bits per heavy atom. The molecule has 3 aromatic rings. The van der Waals surface area contributed by atoms with E-state index >= 15 is 0 Å². The van der Waals surface area contributed by atoms with E-state index in [1.165, 1.54) is 11.3 Å². The highest BCUT2D eigenvalue weighted by Crippen LogP contribution is 2.22. The molecular formula is C17H14N4O2S. The number of hydrazine groups is 1. The molecule has 0 spiro atoms. The third kappa shape index (κ3) is 4.02. The molecule has 24 heavy (non-hydrogen) atoms. The highest BCUT2D eigenvalue weighted by molar-refractivity contribution is 7.13. The first-order chi connectivity index (χ1) is 11.7. The van der Waals surface area contributed by atoms with Crippen molar-refractivity contribution in [3.05, 3.63) is 71.5 Å². The first-order valence-electron chi connectivity index (χ1n) is 7.21. The second-order valence-electron chi connectivity index (χ2n) is 4.93. The van der Waals surface area contributed by atoms with Crippen molar-refractivity contribution in [3.63, 3.8) is 0 Å². The SMILES string of the molecule is O=C(Cc1csc(-c2cccnc2)n1)NNC(=O)c1ccccc1. The van der Waals surface area contributed by atoms with Crippen LogP contribution in [0.25, 0.3) is 10.6 Å². The summed E-state index contributed by atoms with van der Waals surface area (Å²) in [6.07, 6.45) is 3.51. The number of nitrogens with zero attached hydrogens (tertiary/aromatic N) is 2. The van der Waals surface area contributed by atoms with Gasteiger partial charge in [-0.15, -0.1) is 11.3 Å². The summed E-state index contributed by atoms with van der Waals surface area (Å²) >= 11 is 1.45. The van der Waals surface area contributed by atoms with Gasteiger partial charge in [0.05, 0.1) is 12.1 Å². The van der Waals surface area contributed by atoms with Gasteiger partial charge in [-0.05, 0) is 24.3 Å². The quantitative estimate of drug-likeness (QED) is 0.715. The average Bonchev–Trinajstić information content (AvgIpc) is 3.09. The van der Waals surface area contributed by atoms with Crippen molar-refractivity contribution in [3.8, 4) is 10.6 Å². The third-order valence-corrected chi connectivity index (χ3v) is 4.09. The van der Waals surface area contributed by atoms with E-state index in [4.69, 9.17) is 0 Å². The molecule has 0 unspecified atom stereocenters. The molecule has 0 atom stereocenters. The summed E-state index contributed by atoms with van der Waals surface area (Å²) in [6.45, 7) is 0. The summed E-state index contributed by atoms with van der Waals surface area (Å²) < 4.78 is 0. The van der Waals surface area contributed by atoms with Gasteiger partial charge in [0.2, 0.25) is 5.91 Å². The highest BCUT2D eigenvalue weighted by Gasteiger charge is 2.10. The summed E-state index contributed by atoms with van der Waals surface area (Å²) in [4.78, 5) is 32.2. The first-order valence-corrected chi connectivity index (χ1v) is 8.09. The average molecular weight is 338 g/mol. The molecule has 6 nitrogen and oxygen atoms in total. The van der Waals surface area contributed by atoms with Gasteiger partial charge >= 0.3 is 0 Å². The van der Waals surface area contributed by atoms with Crippen LogP contribution in [-0.4, -0.2) is 21.8 Å². The van der Waals surface area contributed by atoms with E-state index in [0.29, 0.717) is 11.3 Å². The third-order valence-electron chi connectivity index (χ3n) is 3.15. The number of aromatic nitrogens is 2. The molecule has 7 heteroatoms. The number of benzene rings is 1. The lowest BCUT2D eigenvalue weighted by Crippen LogP contribution is -2.42. The van der Waals surface area contributed by atoms with Gasteiger partial charge < -0.3 is 0 Å². The normalized spacial score (nSPS) is 10.2. The fourth-order valence-corrected chi connectivity index (χ4v) is 2.82. The van der Waals surface area contributed by atoms with Crippen molar-refractivity contribution < 1.29 is 9.59 Å². The lowest BCUT2D eigenvalue weighted by molar-refractivity contribution is -0.121. The smallest absolute Gasteiger partial charge is 0.269 e. The zero-order valence-corrected chi connectivity index (χ0v) is 13.4. The second kappa shape index (κ2) is 7.47. The van der Waals surface area contributed by atoms with Crippen molar-refractivity contribution in [2.24, 2.45) is 0 Å². The zero-order chi connectivity index (χ0) is 16.8. The molecule has 120 valence electrons. The van der Waals surface area contributed by atoms with E-state index in [9.17, 15) is 9.59 Å². The van der Waals surface area contributed by atoms with E-state index in [2.05, 4.69) is 20.8 Å². The number of carbonyl (C=O) groups excluding carboxylic acids is 2. The minimum Gasteiger partial charge on any atom is -0.273 e. The maximum absolute atomic E-state index is 11.9. The molecule has 2 N–H and O–H groups in total. The number of nitrogens with one attached hydrogen (secondary N) is 2. The molecule has 1 aromatic carbocycles. The fraction of sp³-hybridized carbons (Fsp3) is 0.0588. The second-order valence-corrected chi connectivity index (χ2v) is 5.79. The number of rotatable bonds is 4. The van der Waals surface area contributed by atoms with Crippen LogP contribution in [0.2, 0.25) is 0 Å². The van der Waals surface area contributed by atoms with Gasteiger partial charge in [0, 0.05) is 28.9 Å². The molecule has 0 saturated heterocycles. The molecule has 3 rings (SSSR count). The summed E-state index contributed by atoms with van der Waals surface area (Å²) in [5, 5.41) is 2.63. The predicted octanol–water partition coefficient (Wildman–Crippen LogP) is 2.21. The molecule has 0 aliphatic carbocycles. The van der Waals surface area contributed by atoms with Gasteiger partial charge in [0.25, 0.3) is 5.91 Å². The molecule has 2 amide bonds. The van der Waals surface area contributed by atoms with Crippen LogP contribution in [0.1, 0.15) is 16.1 Å². The number of amides is 2. The molecule has 2 heterocycles. The fourth-order valence-electron chi connectivity index (χ4n) is 2.01. The Balaban J connectivity index is 1.54. The van der Waals surface area contributed by atoms with Crippen molar-refractivity contribution in [1.82, 2.24) is 20.8 Å². The number of thiazole rings is 1. The largest absolute Gasteiger partial charge is 0.273 e. The Morgan fingerprint density at radius 3 is 2.62 bits per heavy atom. The van der Waals surface area contributed by atoms with Crippen LogP contribution in [-0.2, 0) is 11.2 Å². The summed E-state index contributed by atoms with van der Waals surface area (Å²) in [6, 6.07) is 12.4. The van der Waals surface area contributed by atoms with E-state index in [1.807, 2.05) is 23.6 Å². The molecule has 0 radical (unpaired) electrons. The Hall–Kier alpha value is -3.06. The Morgan fingerprint density at radius 2 is 1.88 bits per heavy atom. The lowest BCUT2D eigenvalue weighted by atomic mass is 10.2. The van der Waals surface area contributed by atoms with Crippen LogP contribution < -0.4 is 10.9 Å². The number of hydrogen-bond acceptors (Lipinski definition) is 5. The van der Waals surface area contributed by atoms with Crippen LogP contribution in [0, 0.1) is 0 Å². The zero-order valence-electron chi connectivity index (χ0n) is 12.6. The van der Waals surface area contributed by atoms with Gasteiger partial charge in [-0.3, -0.25) is 25.4 Å². The number of hydrogen-bond donors (Lipinski definition) is 2. The van der Waals surface area contributed by atoms with E-state index in [1.54, 1.807) is 36.7 Å². The maximum atomic E-state index is 11.9. The first kappa shape index (κ1) is 15.8. The van der Waals surface area contributed by atoms with Crippen LogP contribution in [0.15, 0.2) is 60.2 Å². The molecule has 0 saturated carbocycles. The standard InChI is InChI=1S/C17H14N4O2S/c22-15(20-21-16(23)12-5-2-1-3-6-12)9-14-11-24-17(19-14)13-7-4-8-18-10-13/h1-8,10-11H,9H2,(H,20,22)(H,21,23). The van der Waals surface area contributed by atoms with Crippen LogP contribution in [0.5, 0.6) is 0 Å². The minimum atomic E-state index is -0.363. The monoisotopic (exact) mass is 338 g/mol. The van der Waals surface area contributed by atoms with E-state index < -0.39 is 0 Å². The molecule has 0 fully saturated rings. The van der Waals surface area contributed by atoms with Gasteiger partial charge in [-0.2, -0.15) is 0 Å². The van der Waals surface area contributed by atoms with E-state index in [0.717, 1.165) is 10.6 Å². The van der Waals surface area contributed by atoms with Gasteiger partial charge in [0.1, 0.15) is 5.01 Å². The van der Waals surface area contributed by atoms with Gasteiger partial charge in [-0.1, -0.05) is 18.2 Å². The molecular weight excluding hydrogens is 324 g/mol. The molecule has 2 aromatic heterocycles. The van der Waals surface area contributed by atoms with Crippen molar-refractivity contribution in [1.29, 1.82) is 0 Å². The maximum Gasteiger partial charge on any atom is 0.269 e. The van der Waals surface area contributed by atoms with Crippen molar-refractivity contribution in [2.45, 2.75) is 6.42 Å². The van der Waals surface area contributed by atoms with Gasteiger partial charge in [0.15, 0.2) is 0 Å². The van der Waals surface area contributed by atoms with E-state index in [-0.39, 0.29) is 18.2 Å². The molecule has 0 aliphatic heterocycles. The van der Waals surface area contributed by atoms with Crippen LogP contribution >= 0.6 is 11.3 Å². The summed E-state index contributed by atoms with van der Waals surface area (Å²) in [5.41, 5.74) is 6.81. The predicted molar refractivity (Wildman–Crippen MR) is 91.1 cm³/mol. The molecule has 0 aliphatic rings. The Labute approximate surface area is 142 Å².